The van der Waals surface area contributed by atoms with Crippen LogP contribution >= 0.6 is 11.8 Å². The maximum Gasteiger partial charge on any atom is 0.0154 e. The van der Waals surface area contributed by atoms with Gasteiger partial charge in [0.15, 0.2) is 0 Å². The number of rotatable bonds is 0. The zero-order valence-corrected chi connectivity index (χ0v) is 8.72. The van der Waals surface area contributed by atoms with Crippen LogP contribution in [0.4, 0.5) is 0 Å². The molecule has 2 heteroatoms. The van der Waals surface area contributed by atoms with Crippen molar-refractivity contribution in [3.05, 3.63) is 11.5 Å². The van der Waals surface area contributed by atoms with Crippen LogP contribution in [-0.2, 0) is 0 Å². The Morgan fingerprint density at radius 3 is 3.23 bits per heavy atom. The van der Waals surface area contributed by atoms with Gasteiger partial charge in [-0.25, -0.2) is 0 Å². The lowest BCUT2D eigenvalue weighted by Crippen LogP contribution is -2.42. The van der Waals surface area contributed by atoms with Crippen LogP contribution in [0.1, 0.15) is 19.3 Å². The normalized spacial score (nSPS) is 48.6. The van der Waals surface area contributed by atoms with E-state index in [1.165, 1.54) is 32.4 Å². The first-order valence-electron chi connectivity index (χ1n) is 5.46. The minimum atomic E-state index is 0.908. The molecule has 0 radical (unpaired) electrons. The number of hydrogen-bond donors (Lipinski definition) is 1. The first-order chi connectivity index (χ1) is 6.43. The third kappa shape index (κ3) is 1.44. The van der Waals surface area contributed by atoms with Gasteiger partial charge in [-0.2, -0.15) is 0 Å². The fourth-order valence-electron chi connectivity index (χ4n) is 3.14. The Labute approximate surface area is 84.4 Å². The summed E-state index contributed by atoms with van der Waals surface area (Å²) < 4.78 is 0. The van der Waals surface area contributed by atoms with Crippen molar-refractivity contribution in [2.75, 3.05) is 13.1 Å². The lowest BCUT2D eigenvalue weighted by Gasteiger charge is -2.41. The van der Waals surface area contributed by atoms with Crippen molar-refractivity contribution in [1.82, 2.24) is 5.32 Å². The summed E-state index contributed by atoms with van der Waals surface area (Å²) in [7, 11) is 0. The molecule has 2 fully saturated rings. The maximum atomic E-state index is 3.53. The monoisotopic (exact) mass is 195 g/mol. The molecule has 2 aliphatic heterocycles. The Hall–Kier alpha value is 0.0500. The van der Waals surface area contributed by atoms with Crippen molar-refractivity contribution < 1.29 is 0 Å². The predicted octanol–water partition coefficient (Wildman–Crippen LogP) is 2.25. The van der Waals surface area contributed by atoms with Gasteiger partial charge in [0.05, 0.1) is 0 Å². The minimum Gasteiger partial charge on any atom is -0.316 e. The van der Waals surface area contributed by atoms with Crippen molar-refractivity contribution >= 4 is 11.8 Å². The topological polar surface area (TPSA) is 12.0 Å². The van der Waals surface area contributed by atoms with Gasteiger partial charge in [-0.3, -0.25) is 0 Å². The second kappa shape index (κ2) is 3.32. The van der Waals surface area contributed by atoms with Gasteiger partial charge >= 0.3 is 0 Å². The third-order valence-corrected chi connectivity index (χ3v) is 5.14. The van der Waals surface area contributed by atoms with Crippen molar-refractivity contribution in [3.8, 4) is 0 Å². The number of allylic oxidation sites excluding steroid dienone is 1. The van der Waals surface area contributed by atoms with Crippen LogP contribution in [-0.4, -0.2) is 18.3 Å². The molecule has 1 aliphatic carbocycles. The minimum absolute atomic E-state index is 0.908. The van der Waals surface area contributed by atoms with E-state index in [9.17, 15) is 0 Å². The zero-order valence-electron chi connectivity index (χ0n) is 7.91. The summed E-state index contributed by atoms with van der Waals surface area (Å²) >= 11 is 2.08. The fourth-order valence-corrected chi connectivity index (χ4v) is 4.40. The van der Waals surface area contributed by atoms with Crippen LogP contribution < -0.4 is 5.32 Å². The number of nitrogens with one attached hydrogen (secondary N) is 1. The van der Waals surface area contributed by atoms with E-state index in [1.807, 2.05) is 0 Å². The lowest BCUT2D eigenvalue weighted by molar-refractivity contribution is 0.166. The van der Waals surface area contributed by atoms with E-state index in [-0.39, 0.29) is 0 Å². The smallest absolute Gasteiger partial charge is 0.0154 e. The van der Waals surface area contributed by atoms with Gasteiger partial charge in [-0.05, 0) is 55.5 Å². The maximum absolute atomic E-state index is 3.53. The van der Waals surface area contributed by atoms with E-state index >= 15 is 0 Å². The zero-order chi connectivity index (χ0) is 8.67. The van der Waals surface area contributed by atoms with E-state index in [2.05, 4.69) is 28.6 Å². The molecule has 4 atom stereocenters. The van der Waals surface area contributed by atoms with Crippen molar-refractivity contribution in [2.24, 2.45) is 17.8 Å². The second-order valence-corrected chi connectivity index (χ2v) is 5.80. The van der Waals surface area contributed by atoms with E-state index in [0.29, 0.717) is 0 Å². The van der Waals surface area contributed by atoms with E-state index < -0.39 is 0 Å². The van der Waals surface area contributed by atoms with Gasteiger partial charge in [-0.15, -0.1) is 11.8 Å². The molecule has 0 aromatic carbocycles. The third-order valence-electron chi connectivity index (χ3n) is 3.93. The van der Waals surface area contributed by atoms with E-state index in [1.54, 1.807) is 0 Å². The molecule has 1 nitrogen and oxygen atoms in total. The molecule has 3 aliphatic rings. The summed E-state index contributed by atoms with van der Waals surface area (Å²) in [5.74, 6) is 2.93. The molecule has 1 saturated heterocycles. The highest BCUT2D eigenvalue weighted by Gasteiger charge is 2.38. The number of fused-ring (bicyclic) bond motifs is 2. The first-order valence-corrected chi connectivity index (χ1v) is 6.40. The van der Waals surface area contributed by atoms with Gasteiger partial charge in [-0.1, -0.05) is 6.08 Å². The Balaban J connectivity index is 1.73. The highest BCUT2D eigenvalue weighted by atomic mass is 32.2. The lowest BCUT2D eigenvalue weighted by atomic mass is 9.71. The Kier molecular flexibility index (Phi) is 2.14. The predicted molar refractivity (Wildman–Crippen MR) is 57.7 cm³/mol. The standard InChI is InChI=1S/C11H17NS/c1-3-12-7-10-5-9-2-4-13-11(9)6-8(1)10/h2,4,8-12H,1,3,5-7H2. The SMILES string of the molecule is C1=CC2CC3CNCCC3CC2S1. The van der Waals surface area contributed by atoms with Crippen LogP contribution in [0.25, 0.3) is 0 Å². The average molecular weight is 195 g/mol. The Bertz CT molecular complexity index is 226. The fraction of sp³-hybridized carbons (Fsp3) is 0.818. The van der Waals surface area contributed by atoms with E-state index in [4.69, 9.17) is 0 Å². The summed E-state index contributed by atoms with van der Waals surface area (Å²) in [5.41, 5.74) is 0. The molecule has 0 amide bonds. The molecule has 0 bridgehead atoms. The molecule has 3 rings (SSSR count). The van der Waals surface area contributed by atoms with Crippen molar-refractivity contribution in [3.63, 3.8) is 0 Å². The summed E-state index contributed by atoms with van der Waals surface area (Å²) in [6, 6.07) is 0. The van der Waals surface area contributed by atoms with Crippen molar-refractivity contribution in [2.45, 2.75) is 24.5 Å². The summed E-state index contributed by atoms with van der Waals surface area (Å²) in [5, 5.41) is 6.81. The van der Waals surface area contributed by atoms with Crippen molar-refractivity contribution in [1.29, 1.82) is 0 Å². The molecule has 0 spiro atoms. The van der Waals surface area contributed by atoms with Crippen LogP contribution in [0, 0.1) is 17.8 Å². The highest BCUT2D eigenvalue weighted by molar-refractivity contribution is 8.03. The molecule has 0 aromatic rings. The molecular weight excluding hydrogens is 178 g/mol. The van der Waals surface area contributed by atoms with Gasteiger partial charge < -0.3 is 5.32 Å². The summed E-state index contributed by atoms with van der Waals surface area (Å²) in [6.45, 7) is 2.54. The summed E-state index contributed by atoms with van der Waals surface area (Å²) in [4.78, 5) is 0. The molecule has 72 valence electrons. The quantitative estimate of drug-likeness (QED) is 0.636. The van der Waals surface area contributed by atoms with Gasteiger partial charge in [0, 0.05) is 5.25 Å². The Morgan fingerprint density at radius 2 is 2.23 bits per heavy atom. The average Bonchev–Trinajstić information content (AvgIpc) is 2.61. The number of piperidine rings is 1. The van der Waals surface area contributed by atoms with Gasteiger partial charge in [0.25, 0.3) is 0 Å². The highest BCUT2D eigenvalue weighted by Crippen LogP contribution is 2.46. The molecule has 4 unspecified atom stereocenters. The number of thioether (sulfide) groups is 1. The Morgan fingerprint density at radius 1 is 1.23 bits per heavy atom. The second-order valence-electron chi connectivity index (χ2n) is 4.65. The summed E-state index contributed by atoms with van der Waals surface area (Å²) in [6.07, 6.45) is 6.80. The van der Waals surface area contributed by atoms with Crippen LogP contribution in [0.2, 0.25) is 0 Å². The molecule has 0 aromatic heterocycles. The van der Waals surface area contributed by atoms with Gasteiger partial charge in [0.2, 0.25) is 0 Å². The molecule has 1 saturated carbocycles. The van der Waals surface area contributed by atoms with E-state index in [0.717, 1.165) is 23.0 Å². The van der Waals surface area contributed by atoms with Crippen LogP contribution in [0.15, 0.2) is 11.5 Å². The molecule has 1 N–H and O–H groups in total. The van der Waals surface area contributed by atoms with Crippen LogP contribution in [0.3, 0.4) is 0 Å². The first kappa shape index (κ1) is 8.37. The molecular formula is C11H17NS. The van der Waals surface area contributed by atoms with Gasteiger partial charge in [0.1, 0.15) is 0 Å². The van der Waals surface area contributed by atoms with Crippen LogP contribution in [0.5, 0.6) is 0 Å². The molecule has 13 heavy (non-hydrogen) atoms. The largest absolute Gasteiger partial charge is 0.316 e. The number of hydrogen-bond acceptors (Lipinski definition) is 2. The molecule has 2 heterocycles.